The number of likely N-dealkylation sites (N-methyl/N-ethyl adjacent to an activating group) is 1. The lowest BCUT2D eigenvalue weighted by atomic mass is 9.89. The highest BCUT2D eigenvalue weighted by atomic mass is 16.3. The monoisotopic (exact) mass is 250 g/mol. The average Bonchev–Trinajstić information content (AvgIpc) is 2.91. The van der Waals surface area contributed by atoms with Gasteiger partial charge < -0.3 is 14.6 Å². The van der Waals surface area contributed by atoms with Gasteiger partial charge in [-0.25, -0.2) is 0 Å². The van der Waals surface area contributed by atoms with Crippen LogP contribution in [0.1, 0.15) is 38.4 Å². The molecule has 1 aromatic heterocycles. The van der Waals surface area contributed by atoms with Crippen LogP contribution in [-0.2, 0) is 6.42 Å². The molecule has 1 atom stereocenters. The van der Waals surface area contributed by atoms with Gasteiger partial charge in [0.05, 0.1) is 6.26 Å². The second-order valence-electron chi connectivity index (χ2n) is 5.59. The summed E-state index contributed by atoms with van der Waals surface area (Å²) in [6.07, 6.45) is 8.00. The van der Waals surface area contributed by atoms with E-state index in [2.05, 4.69) is 37.3 Å². The molecule has 18 heavy (non-hydrogen) atoms. The van der Waals surface area contributed by atoms with Crippen molar-refractivity contribution in [3.63, 3.8) is 0 Å². The SMILES string of the molecule is CNC1CCC(N(C)C(C)Cc2ccco2)CC1. The van der Waals surface area contributed by atoms with E-state index >= 15 is 0 Å². The fraction of sp³-hybridized carbons (Fsp3) is 0.733. The zero-order chi connectivity index (χ0) is 13.0. The third kappa shape index (κ3) is 3.36. The van der Waals surface area contributed by atoms with Crippen LogP contribution in [0.4, 0.5) is 0 Å². The van der Waals surface area contributed by atoms with Gasteiger partial charge in [-0.15, -0.1) is 0 Å². The summed E-state index contributed by atoms with van der Waals surface area (Å²) in [5, 5.41) is 3.40. The van der Waals surface area contributed by atoms with E-state index in [1.165, 1.54) is 25.7 Å². The molecular weight excluding hydrogens is 224 g/mol. The molecule has 1 fully saturated rings. The molecule has 1 heterocycles. The molecule has 0 saturated heterocycles. The van der Waals surface area contributed by atoms with Crippen molar-refractivity contribution in [1.29, 1.82) is 0 Å². The third-order valence-corrected chi connectivity index (χ3v) is 4.45. The van der Waals surface area contributed by atoms with Gasteiger partial charge in [0.15, 0.2) is 0 Å². The van der Waals surface area contributed by atoms with Gasteiger partial charge in [0.2, 0.25) is 0 Å². The average molecular weight is 250 g/mol. The molecule has 0 aliphatic heterocycles. The van der Waals surface area contributed by atoms with Gasteiger partial charge in [0, 0.05) is 24.5 Å². The van der Waals surface area contributed by atoms with E-state index in [1.807, 2.05) is 6.07 Å². The van der Waals surface area contributed by atoms with Crippen LogP contribution < -0.4 is 5.32 Å². The molecule has 3 heteroatoms. The van der Waals surface area contributed by atoms with Gasteiger partial charge in [0.25, 0.3) is 0 Å². The molecular formula is C15H26N2O. The zero-order valence-electron chi connectivity index (χ0n) is 11.9. The van der Waals surface area contributed by atoms with Gasteiger partial charge >= 0.3 is 0 Å². The summed E-state index contributed by atoms with van der Waals surface area (Å²) in [6.45, 7) is 2.30. The molecule has 1 N–H and O–H groups in total. The normalized spacial score (nSPS) is 26.4. The lowest BCUT2D eigenvalue weighted by molar-refractivity contribution is 0.132. The Morgan fingerprint density at radius 2 is 2.11 bits per heavy atom. The smallest absolute Gasteiger partial charge is 0.105 e. The van der Waals surface area contributed by atoms with E-state index < -0.39 is 0 Å². The Kier molecular flexibility index (Phi) is 4.84. The molecule has 1 saturated carbocycles. The number of rotatable bonds is 5. The van der Waals surface area contributed by atoms with Crippen molar-refractivity contribution >= 4 is 0 Å². The first-order valence-corrected chi connectivity index (χ1v) is 7.12. The van der Waals surface area contributed by atoms with Crippen molar-refractivity contribution in [3.8, 4) is 0 Å². The quantitative estimate of drug-likeness (QED) is 0.871. The van der Waals surface area contributed by atoms with Gasteiger partial charge in [-0.2, -0.15) is 0 Å². The van der Waals surface area contributed by atoms with Gasteiger partial charge in [-0.3, -0.25) is 0 Å². The Hall–Kier alpha value is -0.800. The largest absolute Gasteiger partial charge is 0.469 e. The van der Waals surface area contributed by atoms with Gasteiger partial charge in [0.1, 0.15) is 5.76 Å². The Morgan fingerprint density at radius 3 is 2.67 bits per heavy atom. The number of furan rings is 1. The Labute approximate surface area is 111 Å². The fourth-order valence-electron chi connectivity index (χ4n) is 3.00. The van der Waals surface area contributed by atoms with Crippen LogP contribution in [0.3, 0.4) is 0 Å². The van der Waals surface area contributed by atoms with Crippen LogP contribution in [0, 0.1) is 0 Å². The molecule has 1 aromatic rings. The summed E-state index contributed by atoms with van der Waals surface area (Å²) in [5.74, 6) is 1.10. The van der Waals surface area contributed by atoms with E-state index in [0.717, 1.165) is 24.3 Å². The number of hydrogen-bond acceptors (Lipinski definition) is 3. The van der Waals surface area contributed by atoms with Crippen molar-refractivity contribution in [1.82, 2.24) is 10.2 Å². The highest BCUT2D eigenvalue weighted by Crippen LogP contribution is 2.24. The minimum Gasteiger partial charge on any atom is -0.469 e. The van der Waals surface area contributed by atoms with Crippen molar-refractivity contribution in [2.45, 2.75) is 57.2 Å². The highest BCUT2D eigenvalue weighted by molar-refractivity contribution is 5.00. The van der Waals surface area contributed by atoms with E-state index in [1.54, 1.807) is 6.26 Å². The van der Waals surface area contributed by atoms with Crippen molar-refractivity contribution in [2.24, 2.45) is 0 Å². The van der Waals surface area contributed by atoms with Crippen LogP contribution in [0.25, 0.3) is 0 Å². The van der Waals surface area contributed by atoms with Crippen molar-refractivity contribution < 1.29 is 4.42 Å². The minimum atomic E-state index is 0.548. The van der Waals surface area contributed by atoms with Crippen LogP contribution in [0.5, 0.6) is 0 Å². The molecule has 1 aliphatic rings. The maximum atomic E-state index is 5.44. The van der Waals surface area contributed by atoms with E-state index in [-0.39, 0.29) is 0 Å². The Balaban J connectivity index is 1.81. The van der Waals surface area contributed by atoms with Crippen molar-refractivity contribution in [2.75, 3.05) is 14.1 Å². The first-order valence-electron chi connectivity index (χ1n) is 7.12. The molecule has 0 aromatic carbocycles. The van der Waals surface area contributed by atoms with Crippen molar-refractivity contribution in [3.05, 3.63) is 24.2 Å². The molecule has 102 valence electrons. The molecule has 3 nitrogen and oxygen atoms in total. The zero-order valence-corrected chi connectivity index (χ0v) is 11.9. The third-order valence-electron chi connectivity index (χ3n) is 4.45. The fourth-order valence-corrected chi connectivity index (χ4v) is 3.00. The van der Waals surface area contributed by atoms with Crippen LogP contribution in [-0.4, -0.2) is 37.1 Å². The Morgan fingerprint density at radius 1 is 1.39 bits per heavy atom. The molecule has 2 rings (SSSR count). The number of hydrogen-bond donors (Lipinski definition) is 1. The summed E-state index contributed by atoms with van der Waals surface area (Å²) in [7, 11) is 4.34. The van der Waals surface area contributed by atoms with E-state index in [0.29, 0.717) is 6.04 Å². The molecule has 0 radical (unpaired) electrons. The lowest BCUT2D eigenvalue weighted by Gasteiger charge is -2.37. The predicted molar refractivity (Wildman–Crippen MR) is 74.7 cm³/mol. The summed E-state index contributed by atoms with van der Waals surface area (Å²) < 4.78 is 5.44. The van der Waals surface area contributed by atoms with Gasteiger partial charge in [-0.05, 0) is 58.8 Å². The molecule has 0 bridgehead atoms. The summed E-state index contributed by atoms with van der Waals surface area (Å²) >= 11 is 0. The maximum absolute atomic E-state index is 5.44. The predicted octanol–water partition coefficient (Wildman–Crippen LogP) is 2.67. The molecule has 0 amide bonds. The highest BCUT2D eigenvalue weighted by Gasteiger charge is 2.25. The summed E-state index contributed by atoms with van der Waals surface area (Å²) in [6, 6.07) is 6.06. The van der Waals surface area contributed by atoms with E-state index in [4.69, 9.17) is 4.42 Å². The first-order chi connectivity index (χ1) is 8.70. The first kappa shape index (κ1) is 13.6. The molecule has 1 aliphatic carbocycles. The number of nitrogens with zero attached hydrogens (tertiary/aromatic N) is 1. The molecule has 0 spiro atoms. The number of nitrogens with one attached hydrogen (secondary N) is 1. The van der Waals surface area contributed by atoms with Gasteiger partial charge in [-0.1, -0.05) is 0 Å². The summed E-state index contributed by atoms with van der Waals surface area (Å²) in [5.41, 5.74) is 0. The molecule has 1 unspecified atom stereocenters. The topological polar surface area (TPSA) is 28.4 Å². The van der Waals surface area contributed by atoms with Crippen LogP contribution >= 0.6 is 0 Å². The maximum Gasteiger partial charge on any atom is 0.105 e. The standard InChI is InChI=1S/C15H26N2O/c1-12(11-15-5-4-10-18-15)17(3)14-8-6-13(16-2)7-9-14/h4-5,10,12-14,16H,6-9,11H2,1-3H3. The van der Waals surface area contributed by atoms with Crippen LogP contribution in [0.2, 0.25) is 0 Å². The van der Waals surface area contributed by atoms with E-state index in [9.17, 15) is 0 Å². The lowest BCUT2D eigenvalue weighted by Crippen LogP contribution is -2.44. The Bertz CT molecular complexity index is 328. The van der Waals surface area contributed by atoms with Crippen LogP contribution in [0.15, 0.2) is 22.8 Å². The summed E-state index contributed by atoms with van der Waals surface area (Å²) in [4.78, 5) is 2.54. The second-order valence-corrected chi connectivity index (χ2v) is 5.59. The minimum absolute atomic E-state index is 0.548. The second kappa shape index (κ2) is 6.39.